The van der Waals surface area contributed by atoms with Crippen molar-refractivity contribution in [3.8, 4) is 0 Å². The molecule has 370 valence electrons. The lowest BCUT2D eigenvalue weighted by molar-refractivity contribution is -0.141. The summed E-state index contributed by atoms with van der Waals surface area (Å²) in [6, 6.07) is 0. The maximum absolute atomic E-state index is 13.5. The number of hydrogen-bond acceptors (Lipinski definition) is 21. The summed E-state index contributed by atoms with van der Waals surface area (Å²) >= 11 is 0. The summed E-state index contributed by atoms with van der Waals surface area (Å²) in [5, 5.41) is 17.2. The van der Waals surface area contributed by atoms with Crippen LogP contribution in [0.25, 0.3) is 0 Å². The summed E-state index contributed by atoms with van der Waals surface area (Å²) in [6.45, 7) is -2.60. The summed E-state index contributed by atoms with van der Waals surface area (Å²) in [6.07, 6.45) is 8.39. The number of carbonyl (C=O) groups is 15. The molecule has 0 fully saturated rings. The topological polar surface area (TPSA) is 341 Å². The minimum Gasteiger partial charge on any atom is -0.309 e. The second-order valence-corrected chi connectivity index (χ2v) is 16.2. The molecule has 69 heavy (non-hydrogen) atoms. The SMILES string of the molecule is CCC(=O)C(CNCC(=O)C(CNCC(=O)CN1C(=O)C=CC1=O)CNCC(=O)CN1C(=O)C=CC1=O)CNCC(=O)C(CNCC(=O)CN1C(=O)C=CC1=O)CNCC(=O)CN1C(=O)C=CC1=O. The second kappa shape index (κ2) is 27.1. The molecule has 8 amide bonds. The van der Waals surface area contributed by atoms with Crippen molar-refractivity contribution in [1.29, 1.82) is 0 Å². The molecule has 4 rings (SSSR count). The molecule has 6 N–H and O–H groups in total. The fourth-order valence-corrected chi connectivity index (χ4v) is 7.04. The van der Waals surface area contributed by atoms with Crippen LogP contribution < -0.4 is 31.9 Å². The molecule has 0 saturated carbocycles. The van der Waals surface area contributed by atoms with E-state index in [0.717, 1.165) is 68.2 Å². The smallest absolute Gasteiger partial charge is 0.254 e. The molecule has 0 aromatic heterocycles. The highest BCUT2D eigenvalue weighted by atomic mass is 16.2. The van der Waals surface area contributed by atoms with Crippen molar-refractivity contribution in [2.45, 2.75) is 13.3 Å². The maximum atomic E-state index is 13.5. The van der Waals surface area contributed by atoms with Crippen molar-refractivity contribution in [3.63, 3.8) is 0 Å². The Morgan fingerprint density at radius 2 is 0.522 bits per heavy atom. The molecule has 0 aromatic carbocycles. The molecule has 0 saturated heterocycles. The van der Waals surface area contributed by atoms with E-state index in [9.17, 15) is 71.9 Å². The van der Waals surface area contributed by atoms with E-state index in [-0.39, 0.29) is 90.7 Å². The van der Waals surface area contributed by atoms with Gasteiger partial charge in [-0.2, -0.15) is 0 Å². The number of imide groups is 4. The summed E-state index contributed by atoms with van der Waals surface area (Å²) in [7, 11) is 0. The Balaban J connectivity index is 1.29. The van der Waals surface area contributed by atoms with Crippen LogP contribution in [0.4, 0.5) is 0 Å². The van der Waals surface area contributed by atoms with Crippen LogP contribution in [0.1, 0.15) is 13.3 Å². The molecule has 4 heterocycles. The molecule has 25 nitrogen and oxygen atoms in total. The lowest BCUT2D eigenvalue weighted by Gasteiger charge is -2.21. The summed E-state index contributed by atoms with van der Waals surface area (Å²) in [4.78, 5) is 188. The van der Waals surface area contributed by atoms with Gasteiger partial charge in [-0.05, 0) is 0 Å². The molecule has 0 spiro atoms. The second-order valence-electron chi connectivity index (χ2n) is 16.2. The van der Waals surface area contributed by atoms with E-state index in [4.69, 9.17) is 0 Å². The number of ketones is 7. The summed E-state index contributed by atoms with van der Waals surface area (Å²) in [5.41, 5.74) is 0. The molecular formula is C44H54N10O15. The van der Waals surface area contributed by atoms with Gasteiger partial charge in [0.25, 0.3) is 47.3 Å². The Morgan fingerprint density at radius 3 is 0.725 bits per heavy atom. The monoisotopic (exact) mass is 962 g/mol. The van der Waals surface area contributed by atoms with Crippen LogP contribution in [-0.2, 0) is 71.9 Å². The number of nitrogens with one attached hydrogen (secondary N) is 6. The number of hydrogen-bond donors (Lipinski definition) is 6. The van der Waals surface area contributed by atoms with E-state index in [2.05, 4.69) is 31.9 Å². The average molecular weight is 963 g/mol. The Bertz CT molecular complexity index is 1910. The average Bonchev–Trinajstić information content (AvgIpc) is 4.02. The Morgan fingerprint density at radius 1 is 0.333 bits per heavy atom. The highest BCUT2D eigenvalue weighted by Crippen LogP contribution is 2.07. The molecule has 4 aliphatic heterocycles. The zero-order chi connectivity index (χ0) is 50.6. The summed E-state index contributed by atoms with van der Waals surface area (Å²) < 4.78 is 0. The zero-order valence-electron chi connectivity index (χ0n) is 37.8. The highest BCUT2D eigenvalue weighted by Gasteiger charge is 2.30. The number of nitrogens with zero attached hydrogens (tertiary/aromatic N) is 4. The van der Waals surface area contributed by atoms with E-state index in [1.54, 1.807) is 6.92 Å². The van der Waals surface area contributed by atoms with Crippen LogP contribution in [0.3, 0.4) is 0 Å². The zero-order valence-corrected chi connectivity index (χ0v) is 37.8. The molecule has 25 heteroatoms. The van der Waals surface area contributed by atoms with Crippen LogP contribution in [0.5, 0.6) is 0 Å². The molecule has 4 aliphatic rings. The molecule has 0 unspecified atom stereocenters. The Kier molecular flexibility index (Phi) is 21.4. The van der Waals surface area contributed by atoms with Gasteiger partial charge in [-0.15, -0.1) is 0 Å². The molecular weight excluding hydrogens is 909 g/mol. The lowest BCUT2D eigenvalue weighted by Crippen LogP contribution is -2.46. The standard InChI is InChI=1S/C44H54N10O15/c1-2-34(59)27(11-49-21-35(60)28(13-45-17-30(55)23-51-37(62)3-4-38(51)63)14-46-18-31(56)24-52-39(64)5-6-40(52)65)12-50-22-36(61)29(15-47-19-32(57)25-53-41(66)7-8-42(53)67)16-48-20-33(58)26-54-43(68)9-10-44(54)69/h3-10,27-29,45-50H,2,11-26H2,1H3. The first-order valence-electron chi connectivity index (χ1n) is 21.9. The Hall–Kier alpha value is -7.03. The summed E-state index contributed by atoms with van der Waals surface area (Å²) in [5.74, 6) is -10.8. The van der Waals surface area contributed by atoms with Gasteiger partial charge >= 0.3 is 0 Å². The van der Waals surface area contributed by atoms with E-state index in [1.165, 1.54) is 0 Å². The van der Waals surface area contributed by atoms with Gasteiger partial charge in [0.15, 0.2) is 34.7 Å². The van der Waals surface area contributed by atoms with Gasteiger partial charge in [-0.3, -0.25) is 91.5 Å². The minimum atomic E-state index is -0.878. The normalized spacial score (nSPS) is 15.6. The van der Waals surface area contributed by atoms with Crippen LogP contribution in [0.15, 0.2) is 48.6 Å². The largest absolute Gasteiger partial charge is 0.309 e. The first-order chi connectivity index (χ1) is 32.9. The van der Waals surface area contributed by atoms with Gasteiger partial charge in [0.05, 0.1) is 65.4 Å². The van der Waals surface area contributed by atoms with Gasteiger partial charge in [0, 0.05) is 112 Å². The van der Waals surface area contributed by atoms with Gasteiger partial charge < -0.3 is 31.9 Å². The van der Waals surface area contributed by atoms with E-state index in [0.29, 0.717) is 0 Å². The van der Waals surface area contributed by atoms with E-state index in [1.807, 2.05) is 0 Å². The molecule has 0 aliphatic carbocycles. The third kappa shape index (κ3) is 17.2. The van der Waals surface area contributed by atoms with Crippen LogP contribution in [0.2, 0.25) is 0 Å². The van der Waals surface area contributed by atoms with Crippen molar-refractivity contribution in [1.82, 2.24) is 51.5 Å². The molecule has 0 radical (unpaired) electrons. The van der Waals surface area contributed by atoms with E-state index < -0.39 is 126 Å². The molecule has 0 bridgehead atoms. The number of amides is 8. The fourth-order valence-electron chi connectivity index (χ4n) is 7.04. The quantitative estimate of drug-likeness (QED) is 0.0318. The minimum absolute atomic E-state index is 0.0200. The van der Waals surface area contributed by atoms with Crippen molar-refractivity contribution in [3.05, 3.63) is 48.6 Å². The number of rotatable bonds is 36. The van der Waals surface area contributed by atoms with Crippen molar-refractivity contribution < 1.29 is 71.9 Å². The Labute approximate surface area is 394 Å². The lowest BCUT2D eigenvalue weighted by atomic mass is 10.00. The first kappa shape index (κ1) is 54.6. The van der Waals surface area contributed by atoms with Gasteiger partial charge in [-0.25, -0.2) is 0 Å². The number of Topliss-reactive ketones (excluding diaryl/α,β-unsaturated/α-hetero) is 7. The van der Waals surface area contributed by atoms with Gasteiger partial charge in [0.1, 0.15) is 5.78 Å². The molecule has 0 atom stereocenters. The predicted octanol–water partition coefficient (Wildman–Crippen LogP) is -6.53. The van der Waals surface area contributed by atoms with Crippen molar-refractivity contribution in [2.24, 2.45) is 17.8 Å². The van der Waals surface area contributed by atoms with Gasteiger partial charge in [0.2, 0.25) is 0 Å². The number of carbonyl (C=O) groups excluding carboxylic acids is 15. The highest BCUT2D eigenvalue weighted by molar-refractivity contribution is 6.16. The van der Waals surface area contributed by atoms with E-state index >= 15 is 0 Å². The van der Waals surface area contributed by atoms with Crippen molar-refractivity contribution in [2.75, 3.05) is 105 Å². The third-order valence-corrected chi connectivity index (χ3v) is 10.9. The van der Waals surface area contributed by atoms with Gasteiger partial charge in [-0.1, -0.05) is 6.92 Å². The third-order valence-electron chi connectivity index (χ3n) is 10.9. The van der Waals surface area contributed by atoms with Crippen LogP contribution in [-0.4, -0.2) is 212 Å². The van der Waals surface area contributed by atoms with Crippen molar-refractivity contribution >= 4 is 87.7 Å². The van der Waals surface area contributed by atoms with Crippen LogP contribution >= 0.6 is 0 Å². The predicted molar refractivity (Wildman–Crippen MR) is 236 cm³/mol. The maximum Gasteiger partial charge on any atom is 0.254 e. The first-order valence-corrected chi connectivity index (χ1v) is 21.9. The van der Waals surface area contributed by atoms with Crippen LogP contribution in [0, 0.1) is 17.8 Å². The molecule has 0 aromatic rings. The fraction of sp³-hybridized carbons (Fsp3) is 0.477.